The molecule has 0 saturated heterocycles. The normalized spacial score (nSPS) is 16.2. The molecule has 0 aromatic carbocycles. The lowest BCUT2D eigenvalue weighted by Crippen LogP contribution is -2.35. The number of aliphatic carboxylic acids is 1. The van der Waals surface area contributed by atoms with Crippen molar-refractivity contribution in [3.8, 4) is 0 Å². The zero-order valence-electron chi connectivity index (χ0n) is 10.6. The number of hydrogen-bond acceptors (Lipinski definition) is 3. The van der Waals surface area contributed by atoms with Crippen molar-refractivity contribution < 1.29 is 19.5 Å². The van der Waals surface area contributed by atoms with E-state index in [0.29, 0.717) is 6.42 Å². The van der Waals surface area contributed by atoms with Crippen molar-refractivity contribution >= 4 is 17.7 Å². The van der Waals surface area contributed by atoms with Crippen LogP contribution in [0.2, 0.25) is 0 Å². The lowest BCUT2D eigenvalue weighted by atomic mass is 9.88. The average molecular weight is 255 g/mol. The van der Waals surface area contributed by atoms with Crippen molar-refractivity contribution in [2.24, 2.45) is 5.92 Å². The molecule has 0 aliphatic heterocycles. The van der Waals surface area contributed by atoms with E-state index in [1.165, 1.54) is 6.42 Å². The summed E-state index contributed by atoms with van der Waals surface area (Å²) in [6.45, 7) is 0.0367. The van der Waals surface area contributed by atoms with Gasteiger partial charge in [-0.25, -0.2) is 0 Å². The predicted octanol–water partition coefficient (Wildman–Crippen LogP) is 1.51. The summed E-state index contributed by atoms with van der Waals surface area (Å²) in [5, 5.41) is 11.1. The minimum absolute atomic E-state index is 0.00229. The zero-order valence-corrected chi connectivity index (χ0v) is 10.6. The average Bonchev–Trinajstić information content (AvgIpc) is 2.36. The minimum Gasteiger partial charge on any atom is -0.481 e. The Balaban J connectivity index is 2.13. The van der Waals surface area contributed by atoms with Crippen LogP contribution in [-0.4, -0.2) is 29.3 Å². The SMILES string of the molecule is O=C(O)CCCC(=O)CNC(=O)C1CCCCC1. The summed E-state index contributed by atoms with van der Waals surface area (Å²) in [5.74, 6) is -0.957. The Bertz CT molecular complexity index is 308. The number of amides is 1. The highest BCUT2D eigenvalue weighted by Gasteiger charge is 2.21. The molecule has 0 atom stereocenters. The molecular formula is C13H21NO4. The van der Waals surface area contributed by atoms with Gasteiger partial charge in [0.15, 0.2) is 5.78 Å². The lowest BCUT2D eigenvalue weighted by Gasteiger charge is -2.20. The van der Waals surface area contributed by atoms with E-state index in [2.05, 4.69) is 5.32 Å². The Kier molecular flexibility index (Phi) is 6.39. The maximum Gasteiger partial charge on any atom is 0.303 e. The molecule has 1 amide bonds. The second-order valence-corrected chi connectivity index (χ2v) is 4.84. The molecule has 102 valence electrons. The molecule has 0 heterocycles. The highest BCUT2D eigenvalue weighted by atomic mass is 16.4. The first-order valence-corrected chi connectivity index (χ1v) is 6.61. The monoisotopic (exact) mass is 255 g/mol. The van der Waals surface area contributed by atoms with Crippen LogP contribution in [0.1, 0.15) is 51.4 Å². The van der Waals surface area contributed by atoms with Crippen molar-refractivity contribution in [1.82, 2.24) is 5.32 Å². The highest BCUT2D eigenvalue weighted by Crippen LogP contribution is 2.23. The molecule has 0 aromatic rings. The first kappa shape index (κ1) is 14.7. The number of ketones is 1. The van der Waals surface area contributed by atoms with Crippen LogP contribution in [0.25, 0.3) is 0 Å². The summed E-state index contributed by atoms with van der Waals surface area (Å²) in [4.78, 5) is 33.4. The Morgan fingerprint density at radius 2 is 1.72 bits per heavy atom. The first-order valence-electron chi connectivity index (χ1n) is 6.61. The van der Waals surface area contributed by atoms with Crippen LogP contribution in [0, 0.1) is 5.92 Å². The molecule has 2 N–H and O–H groups in total. The fourth-order valence-corrected chi connectivity index (χ4v) is 2.22. The van der Waals surface area contributed by atoms with Crippen LogP contribution in [0.4, 0.5) is 0 Å². The number of Topliss-reactive ketones (excluding diaryl/α,β-unsaturated/α-hetero) is 1. The molecule has 1 aliphatic carbocycles. The van der Waals surface area contributed by atoms with Gasteiger partial charge in [0.1, 0.15) is 0 Å². The number of carbonyl (C=O) groups excluding carboxylic acids is 2. The van der Waals surface area contributed by atoms with Gasteiger partial charge in [-0.15, -0.1) is 0 Å². The molecule has 1 saturated carbocycles. The summed E-state index contributed by atoms with van der Waals surface area (Å²) in [5.41, 5.74) is 0. The third-order valence-corrected chi connectivity index (χ3v) is 3.28. The molecule has 0 unspecified atom stereocenters. The third kappa shape index (κ3) is 5.80. The van der Waals surface area contributed by atoms with E-state index in [4.69, 9.17) is 5.11 Å². The maximum atomic E-state index is 11.7. The van der Waals surface area contributed by atoms with Crippen LogP contribution in [-0.2, 0) is 14.4 Å². The van der Waals surface area contributed by atoms with Crippen molar-refractivity contribution in [1.29, 1.82) is 0 Å². The quantitative estimate of drug-likeness (QED) is 0.722. The largest absolute Gasteiger partial charge is 0.481 e. The topological polar surface area (TPSA) is 83.5 Å². The summed E-state index contributed by atoms with van der Waals surface area (Å²) in [6.07, 6.45) is 5.76. The van der Waals surface area contributed by atoms with Gasteiger partial charge in [0.2, 0.25) is 5.91 Å². The lowest BCUT2D eigenvalue weighted by molar-refractivity contribution is -0.137. The maximum absolute atomic E-state index is 11.7. The van der Waals surface area contributed by atoms with Gasteiger partial charge in [0.05, 0.1) is 6.54 Å². The van der Waals surface area contributed by atoms with E-state index in [9.17, 15) is 14.4 Å². The fourth-order valence-electron chi connectivity index (χ4n) is 2.22. The van der Waals surface area contributed by atoms with Gasteiger partial charge in [-0.2, -0.15) is 0 Å². The van der Waals surface area contributed by atoms with Gasteiger partial charge in [0, 0.05) is 18.8 Å². The fraction of sp³-hybridized carbons (Fsp3) is 0.769. The van der Waals surface area contributed by atoms with E-state index in [1.54, 1.807) is 0 Å². The molecule has 1 aliphatic rings. The van der Waals surface area contributed by atoms with E-state index < -0.39 is 5.97 Å². The van der Waals surface area contributed by atoms with Crippen LogP contribution in [0.15, 0.2) is 0 Å². The Morgan fingerprint density at radius 3 is 2.33 bits per heavy atom. The summed E-state index contributed by atoms with van der Waals surface area (Å²) >= 11 is 0. The summed E-state index contributed by atoms with van der Waals surface area (Å²) in [6, 6.07) is 0. The van der Waals surface area contributed by atoms with Crippen molar-refractivity contribution in [3.63, 3.8) is 0 Å². The van der Waals surface area contributed by atoms with Crippen molar-refractivity contribution in [3.05, 3.63) is 0 Å². The van der Waals surface area contributed by atoms with Crippen LogP contribution in [0.3, 0.4) is 0 Å². The Labute approximate surface area is 107 Å². The van der Waals surface area contributed by atoms with Gasteiger partial charge in [-0.3, -0.25) is 14.4 Å². The molecule has 0 spiro atoms. The molecule has 18 heavy (non-hydrogen) atoms. The third-order valence-electron chi connectivity index (χ3n) is 3.28. The van der Waals surface area contributed by atoms with E-state index in [1.807, 2.05) is 0 Å². The van der Waals surface area contributed by atoms with E-state index >= 15 is 0 Å². The van der Waals surface area contributed by atoms with E-state index in [-0.39, 0.29) is 37.0 Å². The van der Waals surface area contributed by atoms with Gasteiger partial charge >= 0.3 is 5.97 Å². The molecule has 0 bridgehead atoms. The molecule has 1 fully saturated rings. The minimum atomic E-state index is -0.894. The second-order valence-electron chi connectivity index (χ2n) is 4.84. The van der Waals surface area contributed by atoms with Crippen molar-refractivity contribution in [2.75, 3.05) is 6.54 Å². The van der Waals surface area contributed by atoms with Gasteiger partial charge in [-0.05, 0) is 19.3 Å². The standard InChI is InChI=1S/C13H21NO4/c15-11(7-4-8-12(16)17)9-14-13(18)10-5-2-1-3-6-10/h10H,1-9H2,(H,14,18)(H,16,17). The number of carboxylic acid groups (broad SMARTS) is 1. The highest BCUT2D eigenvalue weighted by molar-refractivity contribution is 5.87. The van der Waals surface area contributed by atoms with Crippen LogP contribution >= 0.6 is 0 Å². The molecule has 1 rings (SSSR count). The number of nitrogens with one attached hydrogen (secondary N) is 1. The molecule has 0 aromatic heterocycles. The van der Waals surface area contributed by atoms with Gasteiger partial charge in [0.25, 0.3) is 0 Å². The number of rotatable bonds is 7. The molecule has 5 heteroatoms. The number of carbonyl (C=O) groups is 3. The summed E-state index contributed by atoms with van der Waals surface area (Å²) in [7, 11) is 0. The number of hydrogen-bond donors (Lipinski definition) is 2. The first-order chi connectivity index (χ1) is 8.59. The van der Waals surface area contributed by atoms with Crippen LogP contribution < -0.4 is 5.32 Å². The molecular weight excluding hydrogens is 234 g/mol. The Hall–Kier alpha value is -1.39. The number of carboxylic acids is 1. The van der Waals surface area contributed by atoms with Crippen LogP contribution in [0.5, 0.6) is 0 Å². The zero-order chi connectivity index (χ0) is 13.4. The molecule has 5 nitrogen and oxygen atoms in total. The van der Waals surface area contributed by atoms with Gasteiger partial charge < -0.3 is 10.4 Å². The summed E-state index contributed by atoms with van der Waals surface area (Å²) < 4.78 is 0. The van der Waals surface area contributed by atoms with Gasteiger partial charge in [-0.1, -0.05) is 19.3 Å². The second kappa shape index (κ2) is 7.84. The van der Waals surface area contributed by atoms with E-state index in [0.717, 1.165) is 25.7 Å². The van der Waals surface area contributed by atoms with Crippen molar-refractivity contribution in [2.45, 2.75) is 51.4 Å². The Morgan fingerprint density at radius 1 is 1.06 bits per heavy atom. The smallest absolute Gasteiger partial charge is 0.303 e. The molecule has 0 radical (unpaired) electrons. The predicted molar refractivity (Wildman–Crippen MR) is 66.1 cm³/mol.